The van der Waals surface area contributed by atoms with E-state index in [4.69, 9.17) is 10.5 Å². The van der Waals surface area contributed by atoms with Crippen LogP contribution in [0.1, 0.15) is 24.1 Å². The van der Waals surface area contributed by atoms with E-state index in [0.717, 1.165) is 18.9 Å². The molecule has 29 heavy (non-hydrogen) atoms. The van der Waals surface area contributed by atoms with Crippen LogP contribution in [0, 0.1) is 5.92 Å². The van der Waals surface area contributed by atoms with Gasteiger partial charge in [-0.2, -0.15) is 13.2 Å². The van der Waals surface area contributed by atoms with Gasteiger partial charge in [-0.25, -0.2) is 9.78 Å². The van der Waals surface area contributed by atoms with Crippen LogP contribution in [0.2, 0.25) is 0 Å². The molecule has 6 nitrogen and oxygen atoms in total. The number of carbonyl (C=O) groups excluding carboxylic acids is 1. The summed E-state index contributed by atoms with van der Waals surface area (Å²) in [5, 5.41) is 2.84. The maximum atomic E-state index is 13.0. The van der Waals surface area contributed by atoms with Gasteiger partial charge in [-0.3, -0.25) is 0 Å². The number of rotatable bonds is 5. The van der Waals surface area contributed by atoms with Crippen molar-refractivity contribution in [1.29, 1.82) is 0 Å². The fourth-order valence-corrected chi connectivity index (χ4v) is 3.21. The number of aromatic nitrogens is 1. The van der Waals surface area contributed by atoms with Crippen molar-refractivity contribution in [3.8, 4) is 5.88 Å². The first kappa shape index (κ1) is 20.9. The molecule has 1 aliphatic heterocycles. The summed E-state index contributed by atoms with van der Waals surface area (Å²) in [6.45, 7) is 1.21. The molecule has 1 aromatic heterocycles. The lowest BCUT2D eigenvalue weighted by Gasteiger charge is -2.32. The normalized spacial score (nSPS) is 17.1. The van der Waals surface area contributed by atoms with E-state index in [1.54, 1.807) is 17.0 Å². The standard InChI is InChI=1S/C20H23F3N4O2/c21-20(22,23)17-9-15(11-24)10-18(26-17)29-13-14-5-4-8-27(12-14)19(28)25-16-6-2-1-3-7-16/h1-3,6-7,9-10,14H,4-5,8,11-13,24H2,(H,25,28). The number of ether oxygens (including phenoxy) is 1. The maximum Gasteiger partial charge on any atom is 0.433 e. The number of amides is 2. The second-order valence-electron chi connectivity index (χ2n) is 6.96. The highest BCUT2D eigenvalue weighted by molar-refractivity contribution is 5.89. The third-order valence-corrected chi connectivity index (χ3v) is 4.69. The minimum Gasteiger partial charge on any atom is -0.477 e. The number of para-hydroxylation sites is 1. The number of urea groups is 1. The molecule has 156 valence electrons. The number of piperidine rings is 1. The fraction of sp³-hybridized carbons (Fsp3) is 0.400. The number of anilines is 1. The Labute approximate surface area is 166 Å². The van der Waals surface area contributed by atoms with Gasteiger partial charge in [-0.05, 0) is 36.6 Å². The van der Waals surface area contributed by atoms with Gasteiger partial charge in [0.1, 0.15) is 5.69 Å². The van der Waals surface area contributed by atoms with Gasteiger partial charge in [0.05, 0.1) is 6.61 Å². The van der Waals surface area contributed by atoms with Gasteiger partial charge < -0.3 is 20.7 Å². The Morgan fingerprint density at radius 3 is 2.72 bits per heavy atom. The summed E-state index contributed by atoms with van der Waals surface area (Å²) in [6, 6.07) is 11.3. The minimum atomic E-state index is -4.57. The number of hydrogen-bond acceptors (Lipinski definition) is 4. The number of benzene rings is 1. The van der Waals surface area contributed by atoms with E-state index in [1.807, 2.05) is 18.2 Å². The predicted molar refractivity (Wildman–Crippen MR) is 102 cm³/mol. The van der Waals surface area contributed by atoms with E-state index in [1.165, 1.54) is 6.07 Å². The molecule has 0 saturated carbocycles. The smallest absolute Gasteiger partial charge is 0.433 e. The highest BCUT2D eigenvalue weighted by Gasteiger charge is 2.33. The first-order valence-corrected chi connectivity index (χ1v) is 9.37. The lowest BCUT2D eigenvalue weighted by atomic mass is 9.99. The lowest BCUT2D eigenvalue weighted by molar-refractivity contribution is -0.141. The van der Waals surface area contributed by atoms with E-state index in [9.17, 15) is 18.0 Å². The van der Waals surface area contributed by atoms with Crippen molar-refractivity contribution >= 4 is 11.7 Å². The Morgan fingerprint density at radius 1 is 1.28 bits per heavy atom. The van der Waals surface area contributed by atoms with E-state index in [0.29, 0.717) is 24.3 Å². The Morgan fingerprint density at radius 2 is 2.03 bits per heavy atom. The summed E-state index contributed by atoms with van der Waals surface area (Å²) < 4.78 is 44.5. The third kappa shape index (κ3) is 5.83. The molecular formula is C20H23F3N4O2. The van der Waals surface area contributed by atoms with Crippen molar-refractivity contribution in [3.05, 3.63) is 53.7 Å². The van der Waals surface area contributed by atoms with Crippen LogP contribution in [-0.4, -0.2) is 35.6 Å². The van der Waals surface area contributed by atoms with E-state index >= 15 is 0 Å². The molecule has 2 heterocycles. The van der Waals surface area contributed by atoms with Crippen molar-refractivity contribution in [2.75, 3.05) is 25.0 Å². The molecule has 0 radical (unpaired) electrons. The zero-order chi connectivity index (χ0) is 20.9. The van der Waals surface area contributed by atoms with Gasteiger partial charge >= 0.3 is 12.2 Å². The van der Waals surface area contributed by atoms with Gasteiger partial charge in [-0.15, -0.1) is 0 Å². The summed E-state index contributed by atoms with van der Waals surface area (Å²) >= 11 is 0. The van der Waals surface area contributed by atoms with Crippen molar-refractivity contribution in [2.45, 2.75) is 25.6 Å². The van der Waals surface area contributed by atoms with Crippen molar-refractivity contribution in [1.82, 2.24) is 9.88 Å². The molecule has 0 aliphatic carbocycles. The van der Waals surface area contributed by atoms with Gasteiger partial charge in [0.2, 0.25) is 5.88 Å². The Hall–Kier alpha value is -2.81. The quantitative estimate of drug-likeness (QED) is 0.787. The monoisotopic (exact) mass is 408 g/mol. The SMILES string of the molecule is NCc1cc(OCC2CCCN(C(=O)Nc3ccccc3)C2)nc(C(F)(F)F)c1. The van der Waals surface area contributed by atoms with E-state index in [2.05, 4.69) is 10.3 Å². The Balaban J connectivity index is 1.59. The molecule has 0 spiro atoms. The highest BCUT2D eigenvalue weighted by Crippen LogP contribution is 2.30. The van der Waals surface area contributed by atoms with Crippen molar-refractivity contribution < 1.29 is 22.7 Å². The molecule has 1 unspecified atom stereocenters. The number of halogens is 3. The summed E-state index contributed by atoms with van der Waals surface area (Å²) in [5.74, 6) is -0.103. The number of nitrogens with two attached hydrogens (primary N) is 1. The van der Waals surface area contributed by atoms with Crippen LogP contribution in [0.4, 0.5) is 23.7 Å². The second kappa shape index (κ2) is 9.13. The number of nitrogens with one attached hydrogen (secondary N) is 1. The van der Waals surface area contributed by atoms with Crippen molar-refractivity contribution in [2.24, 2.45) is 11.7 Å². The predicted octanol–water partition coefficient (Wildman–Crippen LogP) is 3.88. The van der Waals surface area contributed by atoms with Gasteiger partial charge in [-0.1, -0.05) is 18.2 Å². The number of carbonyl (C=O) groups is 1. The van der Waals surface area contributed by atoms with Crippen LogP contribution in [0.5, 0.6) is 5.88 Å². The Kier molecular flexibility index (Phi) is 6.58. The summed E-state index contributed by atoms with van der Waals surface area (Å²) in [4.78, 5) is 17.7. The molecule has 9 heteroatoms. The first-order valence-electron chi connectivity index (χ1n) is 9.37. The number of hydrogen-bond donors (Lipinski definition) is 2. The third-order valence-electron chi connectivity index (χ3n) is 4.69. The molecule has 3 N–H and O–H groups in total. The molecule has 1 fully saturated rings. The number of nitrogens with zero attached hydrogens (tertiary/aromatic N) is 2. The maximum absolute atomic E-state index is 13.0. The molecule has 1 atom stereocenters. The number of likely N-dealkylation sites (tertiary alicyclic amines) is 1. The minimum absolute atomic E-state index is 0.00272. The van der Waals surface area contributed by atoms with Crippen LogP contribution in [0.3, 0.4) is 0 Å². The van der Waals surface area contributed by atoms with Crippen LogP contribution >= 0.6 is 0 Å². The summed E-state index contributed by atoms with van der Waals surface area (Å²) in [6.07, 6.45) is -2.96. The largest absolute Gasteiger partial charge is 0.477 e. The van der Waals surface area contributed by atoms with Gasteiger partial charge in [0.25, 0.3) is 0 Å². The molecule has 2 aromatic rings. The molecule has 1 aromatic carbocycles. The second-order valence-corrected chi connectivity index (χ2v) is 6.96. The molecule has 1 saturated heterocycles. The van der Waals surface area contributed by atoms with Crippen molar-refractivity contribution in [3.63, 3.8) is 0 Å². The number of alkyl halides is 3. The van der Waals surface area contributed by atoms with Crippen LogP contribution in [0.25, 0.3) is 0 Å². The molecule has 0 bridgehead atoms. The molecule has 1 aliphatic rings. The average Bonchev–Trinajstić information content (AvgIpc) is 2.72. The number of pyridine rings is 1. The zero-order valence-corrected chi connectivity index (χ0v) is 15.8. The summed E-state index contributed by atoms with van der Waals surface area (Å²) in [5.41, 5.74) is 5.47. The van der Waals surface area contributed by atoms with E-state index < -0.39 is 11.9 Å². The van der Waals surface area contributed by atoms with Crippen LogP contribution < -0.4 is 15.8 Å². The zero-order valence-electron chi connectivity index (χ0n) is 15.8. The fourth-order valence-electron chi connectivity index (χ4n) is 3.21. The lowest BCUT2D eigenvalue weighted by Crippen LogP contribution is -2.43. The molecule has 3 rings (SSSR count). The van der Waals surface area contributed by atoms with Gasteiger partial charge in [0, 0.05) is 37.3 Å². The topological polar surface area (TPSA) is 80.5 Å². The molecule has 2 amide bonds. The van der Waals surface area contributed by atoms with Crippen LogP contribution in [0.15, 0.2) is 42.5 Å². The van der Waals surface area contributed by atoms with Crippen LogP contribution in [-0.2, 0) is 12.7 Å². The molecular weight excluding hydrogens is 385 g/mol. The highest BCUT2D eigenvalue weighted by atomic mass is 19.4. The van der Waals surface area contributed by atoms with Gasteiger partial charge in [0.15, 0.2) is 0 Å². The summed E-state index contributed by atoms with van der Waals surface area (Å²) in [7, 11) is 0. The average molecular weight is 408 g/mol. The van der Waals surface area contributed by atoms with E-state index in [-0.39, 0.29) is 31.0 Å². The Bertz CT molecular complexity index is 830. The first-order chi connectivity index (χ1) is 13.8.